The van der Waals surface area contributed by atoms with E-state index in [0.29, 0.717) is 41.7 Å². The molecule has 11 amide bonds. The molecule has 3 fully saturated rings. The van der Waals surface area contributed by atoms with Crippen LogP contribution in [0.5, 0.6) is 11.5 Å². The molecule has 3 unspecified atom stereocenters. The lowest BCUT2D eigenvalue weighted by Gasteiger charge is -2.37. The number of nitrogens with zero attached hydrogens (tertiary/aromatic N) is 1. The van der Waals surface area contributed by atoms with Crippen molar-refractivity contribution in [1.82, 2.24) is 42.1 Å². The minimum atomic E-state index is -1.77. The quantitative estimate of drug-likeness (QED) is 0.0720. The number of nitrogens with two attached hydrogens (primary N) is 3. The molecular formula is C55H71N11O13S2. The van der Waals surface area contributed by atoms with Crippen molar-refractivity contribution in [3.05, 3.63) is 95.6 Å². The average molecular weight is 1160 g/mol. The third kappa shape index (κ3) is 19.1. The molecular weight excluding hydrogens is 1090 g/mol. The number of nitrogens with one attached hydrogen (secondary N) is 7. The number of primary amides is 3. The third-order valence-corrected chi connectivity index (χ3v) is 17.4. The highest BCUT2D eigenvalue weighted by Gasteiger charge is 2.42. The average Bonchev–Trinajstić information content (AvgIpc) is 4.13. The van der Waals surface area contributed by atoms with Crippen molar-refractivity contribution in [3.8, 4) is 11.5 Å². The molecule has 24 nitrogen and oxygen atoms in total. The number of amides is 11. The van der Waals surface area contributed by atoms with Crippen LogP contribution in [0.1, 0.15) is 87.3 Å². The maximum atomic E-state index is 15.0. The summed E-state index contributed by atoms with van der Waals surface area (Å²) in [7, 11) is 3.99. The van der Waals surface area contributed by atoms with Crippen LogP contribution in [0.3, 0.4) is 0 Å². The van der Waals surface area contributed by atoms with Gasteiger partial charge in [0.1, 0.15) is 53.8 Å². The fraction of sp³-hybridized carbons (Fsp3) is 0.473. The molecule has 436 valence electrons. The van der Waals surface area contributed by atoms with Crippen molar-refractivity contribution in [3.63, 3.8) is 0 Å². The van der Waals surface area contributed by atoms with Crippen LogP contribution >= 0.6 is 21.6 Å². The summed E-state index contributed by atoms with van der Waals surface area (Å²) < 4.78 is 4.49. The molecule has 1 spiro atoms. The van der Waals surface area contributed by atoms with E-state index in [-0.39, 0.29) is 50.2 Å². The number of ether oxygens (including phenoxy) is 1. The summed E-state index contributed by atoms with van der Waals surface area (Å²) in [4.78, 5) is 153. The van der Waals surface area contributed by atoms with Crippen LogP contribution in [-0.2, 0) is 72.0 Å². The first-order valence-corrected chi connectivity index (χ1v) is 29.0. The maximum absolute atomic E-state index is 15.0. The van der Waals surface area contributed by atoms with Crippen molar-refractivity contribution < 1.29 is 62.6 Å². The van der Waals surface area contributed by atoms with Crippen LogP contribution in [0, 0.1) is 0 Å². The highest BCUT2D eigenvalue weighted by molar-refractivity contribution is 8.77. The molecule has 7 atom stereocenters. The Morgan fingerprint density at radius 2 is 1.30 bits per heavy atom. The lowest BCUT2D eigenvalue weighted by atomic mass is 9.85. The Hall–Kier alpha value is -7.87. The van der Waals surface area contributed by atoms with Gasteiger partial charge in [-0.3, -0.25) is 52.7 Å². The zero-order valence-corrected chi connectivity index (χ0v) is 46.5. The Morgan fingerprint density at radius 1 is 0.704 bits per heavy atom. The molecule has 6 rings (SSSR count). The molecule has 2 saturated heterocycles. The first-order chi connectivity index (χ1) is 38.7. The third-order valence-electron chi connectivity index (χ3n) is 14.1. The highest BCUT2D eigenvalue weighted by Crippen LogP contribution is 2.48. The van der Waals surface area contributed by atoms with Crippen molar-refractivity contribution in [2.75, 3.05) is 26.0 Å². The predicted molar refractivity (Wildman–Crippen MR) is 300 cm³/mol. The number of benzene rings is 3. The highest BCUT2D eigenvalue weighted by atomic mass is 33.1. The van der Waals surface area contributed by atoms with Gasteiger partial charge in [-0.1, -0.05) is 95.4 Å². The number of carbonyl (C=O) groups excluding carboxylic acids is 11. The van der Waals surface area contributed by atoms with Crippen LogP contribution in [0.25, 0.3) is 0 Å². The Morgan fingerprint density at radius 3 is 1.93 bits per heavy atom. The van der Waals surface area contributed by atoms with E-state index in [1.807, 2.05) is 0 Å². The normalized spacial score (nSPS) is 22.5. The minimum Gasteiger partial charge on any atom is -0.508 e. The number of hydrogen-bond donors (Lipinski definition) is 11. The zero-order chi connectivity index (χ0) is 58.6. The van der Waals surface area contributed by atoms with Crippen LogP contribution in [0.2, 0.25) is 0 Å². The fourth-order valence-electron chi connectivity index (χ4n) is 9.89. The summed E-state index contributed by atoms with van der Waals surface area (Å²) in [6, 6.07) is 11.4. The van der Waals surface area contributed by atoms with Gasteiger partial charge in [0.15, 0.2) is 0 Å². The Labute approximate surface area is 476 Å². The van der Waals surface area contributed by atoms with Gasteiger partial charge in [-0.05, 0) is 73.1 Å². The molecule has 0 radical (unpaired) electrons. The van der Waals surface area contributed by atoms with Crippen LogP contribution in [-0.4, -0.2) is 148 Å². The van der Waals surface area contributed by atoms with E-state index in [4.69, 9.17) is 21.9 Å². The van der Waals surface area contributed by atoms with Crippen LogP contribution < -0.4 is 59.2 Å². The minimum absolute atomic E-state index is 0.0302. The summed E-state index contributed by atoms with van der Waals surface area (Å²) in [5.41, 5.74) is 18.2. The molecule has 3 aromatic carbocycles. The van der Waals surface area contributed by atoms with Crippen LogP contribution in [0.4, 0.5) is 0 Å². The lowest BCUT2D eigenvalue weighted by molar-refractivity contribution is -0.142. The predicted octanol–water partition coefficient (Wildman–Crippen LogP) is -0.441. The summed E-state index contributed by atoms with van der Waals surface area (Å²) in [5, 5.41) is 28.6. The van der Waals surface area contributed by atoms with Gasteiger partial charge in [0.05, 0.1) is 20.1 Å². The number of aromatic hydroxyl groups is 1. The van der Waals surface area contributed by atoms with Gasteiger partial charge in [-0.15, -0.1) is 0 Å². The molecule has 2 heterocycles. The largest absolute Gasteiger partial charge is 0.508 e. The molecule has 81 heavy (non-hydrogen) atoms. The van der Waals surface area contributed by atoms with Crippen molar-refractivity contribution in [2.45, 2.75) is 137 Å². The second kappa shape index (κ2) is 30.1. The molecule has 1 aliphatic carbocycles. The Kier molecular flexibility index (Phi) is 23.2. The number of rotatable bonds is 18. The molecule has 2 aliphatic heterocycles. The molecule has 3 aromatic rings. The van der Waals surface area contributed by atoms with Crippen molar-refractivity contribution >= 4 is 86.6 Å². The van der Waals surface area contributed by atoms with Gasteiger partial charge in [0.25, 0.3) is 0 Å². The topological polar surface area (TPSA) is 383 Å². The number of carbonyl (C=O) groups is 11. The molecule has 3 aliphatic rings. The first-order valence-electron chi connectivity index (χ1n) is 26.7. The van der Waals surface area contributed by atoms with Gasteiger partial charge >= 0.3 is 0 Å². The second-order valence-corrected chi connectivity index (χ2v) is 23.2. The number of phenolic OH excluding ortho intramolecular Hbond substituents is 1. The maximum Gasteiger partial charge on any atom is 0.246 e. The summed E-state index contributed by atoms with van der Waals surface area (Å²) in [5.74, 6) is -8.82. The first kappa shape index (κ1) is 62.3. The number of likely N-dealkylation sites (tertiary alicyclic amines) is 1. The number of hydrogen-bond acceptors (Lipinski definition) is 15. The van der Waals surface area contributed by atoms with E-state index >= 15 is 4.79 Å². The molecule has 26 heteroatoms. The number of methoxy groups -OCH3 is 1. The smallest absolute Gasteiger partial charge is 0.246 e. The van der Waals surface area contributed by atoms with E-state index < -0.39 is 138 Å². The fourth-order valence-corrected chi connectivity index (χ4v) is 13.3. The monoisotopic (exact) mass is 1160 g/mol. The van der Waals surface area contributed by atoms with Gasteiger partial charge in [-0.2, -0.15) is 0 Å². The van der Waals surface area contributed by atoms with Gasteiger partial charge < -0.3 is 69.2 Å². The van der Waals surface area contributed by atoms with E-state index in [2.05, 4.69) is 37.2 Å². The second-order valence-electron chi connectivity index (χ2n) is 20.4. The van der Waals surface area contributed by atoms with E-state index in [0.717, 1.165) is 19.3 Å². The summed E-state index contributed by atoms with van der Waals surface area (Å²) >= 11 is 0. The van der Waals surface area contributed by atoms with Gasteiger partial charge in [0, 0.05) is 49.1 Å². The van der Waals surface area contributed by atoms with E-state index in [9.17, 15) is 53.1 Å². The molecule has 1 saturated carbocycles. The Balaban J connectivity index is 1.35. The molecule has 0 bridgehead atoms. The zero-order valence-electron chi connectivity index (χ0n) is 44.9. The van der Waals surface area contributed by atoms with Gasteiger partial charge in [0.2, 0.25) is 65.0 Å². The Bertz CT molecular complexity index is 2750. The van der Waals surface area contributed by atoms with Crippen LogP contribution in [0.15, 0.2) is 78.9 Å². The summed E-state index contributed by atoms with van der Waals surface area (Å²) in [6.45, 7) is -0.478. The molecule has 0 aromatic heterocycles. The SMILES string of the molecule is COc1ccc(C[C@H](NC(=O)[C@@H]2CCCN2C(=O)C2CSSC3(CCCCC3)CC(=O)NC(Cc3ccc(O)cc3)C(=O)N[C@@H](Cc3ccccc3)C(=O)N[C@@H](CCC(N)=O)C(=O)NC(CC(N)=O)C(=O)N2)C(=O)NCC(N)=O)cc1. The standard InChI is InChI=1S/C55H71N11O13S2/c1-79-36-18-14-34(15-19-36)26-38(48(72)59-30-46(58)70)64-53(77)43-11-8-24-66(43)54(78)42-31-80-81-55(22-6-3-7-23-55)29-47(71)60-39(27-33-12-16-35(67)17-13-33)50(74)62-40(25-32-9-4-2-5-10-32)51(75)61-37(20-21-44(56)68)49(73)63-41(28-45(57)69)52(76)65-42/h2,4-5,9-10,12-19,37-43,67H,3,6-8,11,20-31H2,1H3,(H2,56,68)(H2,57,69)(H2,58,70)(H,59,72)(H,60,71)(H,61,75)(H,62,74)(H,63,73)(H,64,77)(H,65,76)/t37-,38-,39?,40-,41?,42?,43-/m0/s1. The summed E-state index contributed by atoms with van der Waals surface area (Å²) in [6.07, 6.45) is 2.00. The van der Waals surface area contributed by atoms with E-state index in [1.165, 1.54) is 45.7 Å². The lowest BCUT2D eigenvalue weighted by Crippen LogP contribution is -2.61. The molecule has 14 N–H and O–H groups in total. The number of phenols is 1. The van der Waals surface area contributed by atoms with Gasteiger partial charge in [-0.25, -0.2) is 0 Å². The van der Waals surface area contributed by atoms with Crippen molar-refractivity contribution in [1.29, 1.82) is 0 Å². The van der Waals surface area contributed by atoms with E-state index in [1.54, 1.807) is 66.7 Å². The van der Waals surface area contributed by atoms with Crippen molar-refractivity contribution in [2.24, 2.45) is 17.2 Å².